The summed E-state index contributed by atoms with van der Waals surface area (Å²) in [6, 6.07) is 19.6. The van der Waals surface area contributed by atoms with Crippen LogP contribution in [0, 0.1) is 5.41 Å². The highest BCUT2D eigenvalue weighted by molar-refractivity contribution is 5.72. The predicted octanol–water partition coefficient (Wildman–Crippen LogP) is 4.56. The minimum atomic E-state index is -0.241. The Morgan fingerprint density at radius 3 is 2.00 bits per heavy atom. The van der Waals surface area contributed by atoms with Crippen molar-refractivity contribution in [3.63, 3.8) is 0 Å². The molecule has 0 fully saturated rings. The van der Waals surface area contributed by atoms with Gasteiger partial charge in [0, 0.05) is 5.41 Å². The molecule has 2 aromatic carbocycles. The quantitative estimate of drug-likeness (QED) is 0.768. The molecular formula is C19H22O2. The molecule has 2 rings (SSSR count). The first-order valence-electron chi connectivity index (χ1n) is 7.25. The highest BCUT2D eigenvalue weighted by Gasteiger charge is 2.29. The first-order chi connectivity index (χ1) is 9.97. The van der Waals surface area contributed by atoms with Gasteiger partial charge in [0.05, 0.1) is 6.42 Å². The van der Waals surface area contributed by atoms with Crippen LogP contribution >= 0.6 is 0 Å². The van der Waals surface area contributed by atoms with Crippen LogP contribution in [0.5, 0.6) is 0 Å². The monoisotopic (exact) mass is 282 g/mol. The first kappa shape index (κ1) is 15.3. The Morgan fingerprint density at radius 2 is 1.48 bits per heavy atom. The molecule has 0 heterocycles. The zero-order valence-electron chi connectivity index (χ0n) is 12.9. The molecule has 0 spiro atoms. The van der Waals surface area contributed by atoms with E-state index >= 15 is 0 Å². The normalized spacial score (nSPS) is 12.7. The molecule has 2 nitrogen and oxygen atoms in total. The second-order valence-electron chi connectivity index (χ2n) is 6.31. The number of carbonyl (C=O) groups is 1. The maximum Gasteiger partial charge on any atom is 0.310 e. The third-order valence-corrected chi connectivity index (χ3v) is 3.33. The van der Waals surface area contributed by atoms with Crippen LogP contribution in [0.25, 0.3) is 0 Å². The van der Waals surface area contributed by atoms with Crippen LogP contribution in [0.2, 0.25) is 0 Å². The summed E-state index contributed by atoms with van der Waals surface area (Å²) < 4.78 is 5.77. The SMILES string of the molecule is CC(C)(C)[C@@H](OC(=O)Cc1ccccc1)c1ccccc1. The van der Waals surface area contributed by atoms with Crippen LogP contribution in [0.3, 0.4) is 0 Å². The molecule has 0 aliphatic heterocycles. The van der Waals surface area contributed by atoms with Crippen LogP contribution < -0.4 is 0 Å². The van der Waals surface area contributed by atoms with Gasteiger partial charge in [0.2, 0.25) is 0 Å². The third-order valence-electron chi connectivity index (χ3n) is 3.33. The van der Waals surface area contributed by atoms with Gasteiger partial charge >= 0.3 is 5.97 Å². The van der Waals surface area contributed by atoms with Gasteiger partial charge in [-0.3, -0.25) is 4.79 Å². The molecule has 0 radical (unpaired) electrons. The summed E-state index contributed by atoms with van der Waals surface area (Å²) in [4.78, 5) is 12.2. The summed E-state index contributed by atoms with van der Waals surface area (Å²) in [5, 5.41) is 0. The van der Waals surface area contributed by atoms with Crippen LogP contribution in [0.1, 0.15) is 38.0 Å². The fourth-order valence-electron chi connectivity index (χ4n) is 2.31. The maximum absolute atomic E-state index is 12.2. The van der Waals surface area contributed by atoms with Gasteiger partial charge in [-0.05, 0) is 11.1 Å². The van der Waals surface area contributed by atoms with Gasteiger partial charge in [0.1, 0.15) is 6.10 Å². The van der Waals surface area contributed by atoms with Crippen LogP contribution in [0.15, 0.2) is 60.7 Å². The summed E-state index contributed by atoms with van der Waals surface area (Å²) in [6.45, 7) is 6.25. The zero-order valence-corrected chi connectivity index (χ0v) is 12.9. The first-order valence-corrected chi connectivity index (χ1v) is 7.25. The van der Waals surface area contributed by atoms with Gasteiger partial charge in [-0.25, -0.2) is 0 Å². The second kappa shape index (κ2) is 6.57. The molecule has 1 atom stereocenters. The molecular weight excluding hydrogens is 260 g/mol. The maximum atomic E-state index is 12.2. The molecule has 0 saturated carbocycles. The van der Waals surface area contributed by atoms with Gasteiger partial charge in [-0.1, -0.05) is 81.4 Å². The second-order valence-corrected chi connectivity index (χ2v) is 6.31. The molecule has 2 aromatic rings. The molecule has 110 valence electrons. The largest absolute Gasteiger partial charge is 0.457 e. The van der Waals surface area contributed by atoms with Gasteiger partial charge in [-0.2, -0.15) is 0 Å². The lowest BCUT2D eigenvalue weighted by atomic mass is 9.84. The van der Waals surface area contributed by atoms with E-state index in [1.54, 1.807) is 0 Å². The summed E-state index contributed by atoms with van der Waals surface area (Å²) in [5.41, 5.74) is 1.86. The van der Waals surface area contributed by atoms with E-state index in [-0.39, 0.29) is 17.5 Å². The van der Waals surface area contributed by atoms with E-state index in [4.69, 9.17) is 4.74 Å². The number of benzene rings is 2. The molecule has 0 bridgehead atoms. The van der Waals surface area contributed by atoms with Gasteiger partial charge < -0.3 is 4.74 Å². The highest BCUT2D eigenvalue weighted by Crippen LogP contribution is 2.36. The molecule has 21 heavy (non-hydrogen) atoms. The number of rotatable bonds is 4. The van der Waals surface area contributed by atoms with Crippen molar-refractivity contribution < 1.29 is 9.53 Å². The zero-order chi connectivity index (χ0) is 15.3. The van der Waals surface area contributed by atoms with Crippen molar-refractivity contribution in [3.8, 4) is 0 Å². The Balaban J connectivity index is 2.11. The smallest absolute Gasteiger partial charge is 0.310 e. The van der Waals surface area contributed by atoms with Crippen molar-refractivity contribution in [2.45, 2.75) is 33.3 Å². The van der Waals surface area contributed by atoms with E-state index in [9.17, 15) is 4.79 Å². The van der Waals surface area contributed by atoms with Crippen molar-refractivity contribution in [2.75, 3.05) is 0 Å². The Kier molecular flexibility index (Phi) is 4.79. The summed E-state index contributed by atoms with van der Waals surface area (Å²) in [7, 11) is 0. The topological polar surface area (TPSA) is 26.3 Å². The molecule has 0 saturated heterocycles. The van der Waals surface area contributed by atoms with Crippen LogP contribution in [-0.4, -0.2) is 5.97 Å². The number of ether oxygens (including phenoxy) is 1. The van der Waals surface area contributed by atoms with E-state index in [1.807, 2.05) is 60.7 Å². The Hall–Kier alpha value is -2.09. The lowest BCUT2D eigenvalue weighted by Crippen LogP contribution is -2.25. The van der Waals surface area contributed by atoms with Crippen molar-refractivity contribution in [3.05, 3.63) is 71.8 Å². The molecule has 0 N–H and O–H groups in total. The fourth-order valence-corrected chi connectivity index (χ4v) is 2.31. The highest BCUT2D eigenvalue weighted by atomic mass is 16.5. The van der Waals surface area contributed by atoms with Gasteiger partial charge in [0.15, 0.2) is 0 Å². The van der Waals surface area contributed by atoms with Crippen molar-refractivity contribution >= 4 is 5.97 Å². The summed E-state index contributed by atoms with van der Waals surface area (Å²) in [6.07, 6.45) is 0.0650. The Bertz CT molecular complexity index is 568. The standard InChI is InChI=1S/C19H22O2/c1-19(2,3)18(16-12-8-5-9-13-16)21-17(20)14-15-10-6-4-7-11-15/h4-13,18H,14H2,1-3H3/t18-/m0/s1. The Morgan fingerprint density at radius 1 is 0.952 bits per heavy atom. The number of carbonyl (C=O) groups excluding carboxylic acids is 1. The molecule has 0 aliphatic carbocycles. The Labute approximate surface area is 126 Å². The number of hydrogen-bond acceptors (Lipinski definition) is 2. The number of hydrogen-bond donors (Lipinski definition) is 0. The molecule has 2 heteroatoms. The summed E-state index contributed by atoms with van der Waals surface area (Å²) >= 11 is 0. The summed E-state index contributed by atoms with van der Waals surface area (Å²) in [5.74, 6) is -0.190. The minimum absolute atomic E-state index is 0.145. The van der Waals surface area contributed by atoms with Gasteiger partial charge in [-0.15, -0.1) is 0 Å². The van der Waals surface area contributed by atoms with E-state index in [0.29, 0.717) is 6.42 Å². The molecule has 0 unspecified atom stereocenters. The molecule has 0 aromatic heterocycles. The van der Waals surface area contributed by atoms with E-state index in [1.165, 1.54) is 0 Å². The van der Waals surface area contributed by atoms with Crippen LogP contribution in [-0.2, 0) is 16.0 Å². The number of esters is 1. The van der Waals surface area contributed by atoms with E-state index in [0.717, 1.165) is 11.1 Å². The van der Waals surface area contributed by atoms with Crippen molar-refractivity contribution in [1.82, 2.24) is 0 Å². The van der Waals surface area contributed by atoms with Crippen molar-refractivity contribution in [2.24, 2.45) is 5.41 Å². The minimum Gasteiger partial charge on any atom is -0.457 e. The van der Waals surface area contributed by atoms with Crippen LogP contribution in [0.4, 0.5) is 0 Å². The van der Waals surface area contributed by atoms with E-state index in [2.05, 4.69) is 20.8 Å². The fraction of sp³-hybridized carbons (Fsp3) is 0.316. The third kappa shape index (κ3) is 4.45. The van der Waals surface area contributed by atoms with Gasteiger partial charge in [0.25, 0.3) is 0 Å². The lowest BCUT2D eigenvalue weighted by molar-refractivity contribution is -0.154. The molecule has 0 aliphatic rings. The van der Waals surface area contributed by atoms with Crippen molar-refractivity contribution in [1.29, 1.82) is 0 Å². The predicted molar refractivity (Wildman–Crippen MR) is 84.9 cm³/mol. The lowest BCUT2D eigenvalue weighted by Gasteiger charge is -2.30. The average molecular weight is 282 g/mol. The van der Waals surface area contributed by atoms with E-state index < -0.39 is 0 Å². The molecule has 0 amide bonds. The average Bonchev–Trinajstić information content (AvgIpc) is 2.45.